The number of likely N-dealkylation sites (N-methyl/N-ethyl adjacent to an activating group) is 1. The van der Waals surface area contributed by atoms with Crippen LogP contribution in [-0.4, -0.2) is 73.8 Å². The Hall–Kier alpha value is -2.41. The number of amides is 3. The Bertz CT molecular complexity index is 754. The van der Waals surface area contributed by atoms with E-state index in [-0.39, 0.29) is 23.8 Å². The molecule has 30 heavy (non-hydrogen) atoms. The van der Waals surface area contributed by atoms with E-state index in [2.05, 4.69) is 15.1 Å². The van der Waals surface area contributed by atoms with E-state index in [0.29, 0.717) is 57.3 Å². The molecule has 0 bridgehead atoms. The molecule has 1 aliphatic heterocycles. The molecule has 0 radical (unpaired) electrons. The number of benzene rings is 1. The standard InChI is InChI=1S/C23H34N4O3/c1-4-27(23(30)24-12-13-25(2)19-8-6-5-7-9-19)22(29)18-14-17-15-20(28)10-11-21(17)26(3)16-18/h5-9,17-18,21H,4,10-16H2,1-3H3,(H,24,30)/t17-,18-,21-/m1/s1. The number of para-hydroxylation sites is 1. The van der Waals surface area contributed by atoms with Crippen LogP contribution in [0.2, 0.25) is 0 Å². The Morgan fingerprint density at radius 1 is 1.23 bits per heavy atom. The molecular weight excluding hydrogens is 380 g/mol. The van der Waals surface area contributed by atoms with E-state index in [1.807, 2.05) is 51.4 Å². The molecule has 3 rings (SSSR count). The maximum atomic E-state index is 13.1. The van der Waals surface area contributed by atoms with Gasteiger partial charge in [0.15, 0.2) is 0 Å². The molecule has 0 aromatic heterocycles. The second-order valence-corrected chi connectivity index (χ2v) is 8.55. The number of rotatable bonds is 6. The second kappa shape index (κ2) is 10.1. The van der Waals surface area contributed by atoms with Crippen LogP contribution in [0.15, 0.2) is 30.3 Å². The highest BCUT2D eigenvalue weighted by Gasteiger charge is 2.41. The summed E-state index contributed by atoms with van der Waals surface area (Å²) in [6, 6.07) is 10.0. The van der Waals surface area contributed by atoms with Crippen molar-refractivity contribution in [3.63, 3.8) is 0 Å². The summed E-state index contributed by atoms with van der Waals surface area (Å²) >= 11 is 0. The van der Waals surface area contributed by atoms with E-state index in [4.69, 9.17) is 0 Å². The number of anilines is 1. The van der Waals surface area contributed by atoms with Gasteiger partial charge in [-0.25, -0.2) is 4.79 Å². The van der Waals surface area contributed by atoms with E-state index in [1.165, 1.54) is 4.90 Å². The molecule has 0 unspecified atom stereocenters. The molecule has 2 aliphatic rings. The summed E-state index contributed by atoms with van der Waals surface area (Å²) in [5.74, 6) is 0.153. The summed E-state index contributed by atoms with van der Waals surface area (Å²) in [5, 5.41) is 2.89. The average molecular weight is 415 g/mol. The fraction of sp³-hybridized carbons (Fsp3) is 0.609. The Labute approximate surface area is 179 Å². The smallest absolute Gasteiger partial charge is 0.324 e. The van der Waals surface area contributed by atoms with E-state index in [1.54, 1.807) is 0 Å². The van der Waals surface area contributed by atoms with E-state index < -0.39 is 0 Å². The Balaban J connectivity index is 1.53. The van der Waals surface area contributed by atoms with Gasteiger partial charge in [-0.2, -0.15) is 0 Å². The number of carbonyl (C=O) groups is 3. The molecule has 1 aromatic rings. The highest BCUT2D eigenvalue weighted by atomic mass is 16.2. The highest BCUT2D eigenvalue weighted by molar-refractivity contribution is 5.95. The molecule has 1 aromatic carbocycles. The minimum absolute atomic E-state index is 0.130. The molecule has 1 aliphatic carbocycles. The first-order valence-corrected chi connectivity index (χ1v) is 11.0. The zero-order valence-electron chi connectivity index (χ0n) is 18.3. The summed E-state index contributed by atoms with van der Waals surface area (Å²) in [6.45, 7) is 3.92. The monoisotopic (exact) mass is 414 g/mol. The summed E-state index contributed by atoms with van der Waals surface area (Å²) in [6.07, 6.45) is 2.78. The first kappa shape index (κ1) is 22.3. The SMILES string of the molecule is CCN(C(=O)NCCN(C)c1ccccc1)C(=O)[C@@H]1C[C@@H]2CC(=O)CC[C@H]2N(C)C1. The predicted molar refractivity (Wildman–Crippen MR) is 117 cm³/mol. The molecule has 3 atom stereocenters. The van der Waals surface area contributed by atoms with Crippen molar-refractivity contribution in [2.24, 2.45) is 11.8 Å². The average Bonchev–Trinajstić information content (AvgIpc) is 2.74. The maximum Gasteiger partial charge on any atom is 0.324 e. The summed E-state index contributed by atoms with van der Waals surface area (Å²) < 4.78 is 0. The highest BCUT2D eigenvalue weighted by Crippen LogP contribution is 2.36. The quantitative estimate of drug-likeness (QED) is 0.774. The van der Waals surface area contributed by atoms with Gasteiger partial charge in [0.05, 0.1) is 5.92 Å². The largest absolute Gasteiger partial charge is 0.373 e. The molecule has 1 heterocycles. The van der Waals surface area contributed by atoms with Crippen LogP contribution in [0.4, 0.5) is 10.5 Å². The van der Waals surface area contributed by atoms with Crippen LogP contribution in [0, 0.1) is 11.8 Å². The number of hydrogen-bond acceptors (Lipinski definition) is 5. The maximum absolute atomic E-state index is 13.1. The van der Waals surface area contributed by atoms with Crippen molar-refractivity contribution in [1.29, 1.82) is 0 Å². The molecule has 164 valence electrons. The number of nitrogens with one attached hydrogen (secondary N) is 1. The third-order valence-electron chi connectivity index (χ3n) is 6.51. The third kappa shape index (κ3) is 5.19. The summed E-state index contributed by atoms with van der Waals surface area (Å²) in [4.78, 5) is 43.3. The minimum atomic E-state index is -0.339. The molecule has 0 spiro atoms. The number of fused-ring (bicyclic) bond motifs is 1. The molecule has 3 amide bonds. The fourth-order valence-corrected chi connectivity index (χ4v) is 4.86. The number of piperidine rings is 1. The third-order valence-corrected chi connectivity index (χ3v) is 6.51. The Morgan fingerprint density at radius 2 is 1.97 bits per heavy atom. The molecule has 7 heteroatoms. The lowest BCUT2D eigenvalue weighted by Crippen LogP contribution is -2.55. The van der Waals surface area contributed by atoms with Crippen LogP contribution in [-0.2, 0) is 9.59 Å². The molecular formula is C23H34N4O3. The van der Waals surface area contributed by atoms with Gasteiger partial charge in [0.2, 0.25) is 5.91 Å². The fourth-order valence-electron chi connectivity index (χ4n) is 4.86. The minimum Gasteiger partial charge on any atom is -0.373 e. The van der Waals surface area contributed by atoms with Gasteiger partial charge in [-0.05, 0) is 44.9 Å². The van der Waals surface area contributed by atoms with Crippen LogP contribution >= 0.6 is 0 Å². The van der Waals surface area contributed by atoms with Crippen LogP contribution in [0.1, 0.15) is 32.6 Å². The van der Waals surface area contributed by atoms with Crippen molar-refractivity contribution in [3.8, 4) is 0 Å². The van der Waals surface area contributed by atoms with E-state index in [9.17, 15) is 14.4 Å². The number of carbonyl (C=O) groups excluding carboxylic acids is 3. The van der Waals surface area contributed by atoms with Crippen molar-refractivity contribution in [2.75, 3.05) is 45.2 Å². The second-order valence-electron chi connectivity index (χ2n) is 8.55. The van der Waals surface area contributed by atoms with Gasteiger partial charge in [-0.1, -0.05) is 18.2 Å². The van der Waals surface area contributed by atoms with Crippen LogP contribution in [0.5, 0.6) is 0 Å². The van der Waals surface area contributed by atoms with Crippen LogP contribution < -0.4 is 10.2 Å². The number of urea groups is 1. The van der Waals surface area contributed by atoms with Crippen molar-refractivity contribution >= 4 is 23.4 Å². The van der Waals surface area contributed by atoms with Gasteiger partial charge in [0.1, 0.15) is 5.78 Å². The first-order valence-electron chi connectivity index (χ1n) is 11.0. The van der Waals surface area contributed by atoms with Crippen LogP contribution in [0.3, 0.4) is 0 Å². The van der Waals surface area contributed by atoms with Crippen LogP contribution in [0.25, 0.3) is 0 Å². The Morgan fingerprint density at radius 3 is 2.67 bits per heavy atom. The molecule has 1 saturated carbocycles. The number of ketones is 1. The Kier molecular flexibility index (Phi) is 7.48. The summed E-state index contributed by atoms with van der Waals surface area (Å²) in [7, 11) is 4.01. The molecule has 1 saturated heterocycles. The van der Waals surface area contributed by atoms with Crippen molar-refractivity contribution < 1.29 is 14.4 Å². The summed E-state index contributed by atoms with van der Waals surface area (Å²) in [5.41, 5.74) is 1.08. The topological polar surface area (TPSA) is 73.0 Å². The molecule has 1 N–H and O–H groups in total. The zero-order valence-corrected chi connectivity index (χ0v) is 18.3. The number of Topliss-reactive ketones (excluding diaryl/α,β-unsaturated/α-hetero) is 1. The van der Waals surface area contributed by atoms with Crippen molar-refractivity contribution in [1.82, 2.24) is 15.1 Å². The molecule has 7 nitrogen and oxygen atoms in total. The van der Waals surface area contributed by atoms with E-state index >= 15 is 0 Å². The van der Waals surface area contributed by atoms with Gasteiger partial charge in [0, 0.05) is 57.8 Å². The number of imide groups is 1. The lowest BCUT2D eigenvalue weighted by atomic mass is 9.74. The number of nitrogens with zero attached hydrogens (tertiary/aromatic N) is 3. The lowest BCUT2D eigenvalue weighted by molar-refractivity contribution is -0.138. The van der Waals surface area contributed by atoms with Gasteiger partial charge in [-0.15, -0.1) is 0 Å². The van der Waals surface area contributed by atoms with Gasteiger partial charge in [0.25, 0.3) is 0 Å². The van der Waals surface area contributed by atoms with Crippen molar-refractivity contribution in [2.45, 2.75) is 38.6 Å². The normalized spacial score (nSPS) is 24.1. The van der Waals surface area contributed by atoms with Gasteiger partial charge >= 0.3 is 6.03 Å². The predicted octanol–water partition coefficient (Wildman–Crippen LogP) is 2.37. The lowest BCUT2D eigenvalue weighted by Gasteiger charge is -2.45. The number of hydrogen-bond donors (Lipinski definition) is 1. The van der Waals surface area contributed by atoms with Crippen molar-refractivity contribution in [3.05, 3.63) is 30.3 Å². The first-order chi connectivity index (χ1) is 14.4. The number of likely N-dealkylation sites (tertiary alicyclic amines) is 1. The van der Waals surface area contributed by atoms with Gasteiger partial charge in [-0.3, -0.25) is 14.5 Å². The van der Waals surface area contributed by atoms with Gasteiger partial charge < -0.3 is 15.1 Å². The van der Waals surface area contributed by atoms with E-state index in [0.717, 1.165) is 12.1 Å². The molecule has 2 fully saturated rings. The zero-order chi connectivity index (χ0) is 21.7.